The monoisotopic (exact) mass is 201 g/mol. The summed E-state index contributed by atoms with van der Waals surface area (Å²) >= 11 is 0. The molecule has 3 rings (SSSR count). The second-order valence-corrected chi connectivity index (χ2v) is 5.33. The number of hydrogen-bond donors (Lipinski definition) is 0. The summed E-state index contributed by atoms with van der Waals surface area (Å²) in [5, 5.41) is 0. The topological polar surface area (TPSA) is 3.24 Å². The van der Waals surface area contributed by atoms with Crippen LogP contribution in [0.5, 0.6) is 0 Å². The van der Waals surface area contributed by atoms with Crippen LogP contribution in [-0.4, -0.2) is 25.0 Å². The molecule has 1 aromatic rings. The Hall–Kier alpha value is -0.820. The van der Waals surface area contributed by atoms with Gasteiger partial charge >= 0.3 is 0 Å². The zero-order valence-electron chi connectivity index (χ0n) is 9.45. The molecule has 1 unspecified atom stereocenters. The lowest BCUT2D eigenvalue weighted by Crippen LogP contribution is -2.31. The summed E-state index contributed by atoms with van der Waals surface area (Å²) in [6.45, 7) is 2.59. The molecule has 0 bridgehead atoms. The van der Waals surface area contributed by atoms with Crippen LogP contribution in [0.3, 0.4) is 0 Å². The zero-order valence-corrected chi connectivity index (χ0v) is 9.45. The van der Waals surface area contributed by atoms with Crippen molar-refractivity contribution < 1.29 is 0 Å². The maximum absolute atomic E-state index is 2.46. The van der Waals surface area contributed by atoms with Crippen molar-refractivity contribution in [3.05, 3.63) is 35.9 Å². The smallest absolute Gasteiger partial charge is 0.00163 e. The highest BCUT2D eigenvalue weighted by molar-refractivity contribution is 5.30. The van der Waals surface area contributed by atoms with E-state index in [1.807, 2.05) is 0 Å². The lowest BCUT2D eigenvalue weighted by Gasteiger charge is -2.30. The highest BCUT2D eigenvalue weighted by Gasteiger charge is 2.54. The van der Waals surface area contributed by atoms with Crippen LogP contribution in [-0.2, 0) is 0 Å². The highest BCUT2D eigenvalue weighted by atomic mass is 15.1. The van der Waals surface area contributed by atoms with E-state index in [0.29, 0.717) is 5.41 Å². The third kappa shape index (κ3) is 1.59. The summed E-state index contributed by atoms with van der Waals surface area (Å²) in [5.41, 5.74) is 2.26. The normalized spacial score (nSPS) is 29.3. The second kappa shape index (κ2) is 3.34. The molecular weight excluding hydrogens is 182 g/mol. The van der Waals surface area contributed by atoms with E-state index in [4.69, 9.17) is 0 Å². The van der Waals surface area contributed by atoms with Gasteiger partial charge in [0.1, 0.15) is 0 Å². The summed E-state index contributed by atoms with van der Waals surface area (Å²) in [5.74, 6) is 0.868. The van der Waals surface area contributed by atoms with Crippen molar-refractivity contribution >= 4 is 0 Å². The molecule has 1 atom stereocenters. The molecule has 1 spiro atoms. The van der Waals surface area contributed by atoms with Crippen LogP contribution >= 0.6 is 0 Å². The largest absolute Gasteiger partial charge is 0.306 e. The van der Waals surface area contributed by atoms with E-state index < -0.39 is 0 Å². The van der Waals surface area contributed by atoms with Crippen LogP contribution in [0.4, 0.5) is 0 Å². The van der Waals surface area contributed by atoms with Crippen molar-refractivity contribution in [3.8, 4) is 0 Å². The number of hydrogen-bond acceptors (Lipinski definition) is 1. The van der Waals surface area contributed by atoms with E-state index in [1.165, 1.54) is 32.4 Å². The van der Waals surface area contributed by atoms with Gasteiger partial charge in [0.2, 0.25) is 0 Å². The van der Waals surface area contributed by atoms with Gasteiger partial charge in [0, 0.05) is 0 Å². The standard InChI is InChI=1S/C14H19N/c1-15-9-7-14(8-10-15)11-13(14)12-5-3-2-4-6-12/h2-6,13H,7-11H2,1H3. The van der Waals surface area contributed by atoms with Crippen LogP contribution in [0.15, 0.2) is 30.3 Å². The molecule has 1 heterocycles. The average Bonchev–Trinajstić information content (AvgIpc) is 2.99. The van der Waals surface area contributed by atoms with E-state index in [2.05, 4.69) is 42.3 Å². The first-order valence-electron chi connectivity index (χ1n) is 6.04. The van der Waals surface area contributed by atoms with Gasteiger partial charge < -0.3 is 4.90 Å². The second-order valence-electron chi connectivity index (χ2n) is 5.33. The van der Waals surface area contributed by atoms with Crippen LogP contribution in [0.25, 0.3) is 0 Å². The molecule has 1 saturated heterocycles. The fraction of sp³-hybridized carbons (Fsp3) is 0.571. The van der Waals surface area contributed by atoms with Gasteiger partial charge in [-0.15, -0.1) is 0 Å². The molecule has 1 aliphatic heterocycles. The van der Waals surface area contributed by atoms with Crippen LogP contribution in [0.1, 0.15) is 30.7 Å². The molecule has 1 nitrogen and oxygen atoms in total. The molecule has 80 valence electrons. The van der Waals surface area contributed by atoms with Gasteiger partial charge in [0.25, 0.3) is 0 Å². The van der Waals surface area contributed by atoms with Gasteiger partial charge in [-0.3, -0.25) is 0 Å². The summed E-state index contributed by atoms with van der Waals surface area (Å²) in [4.78, 5) is 2.46. The van der Waals surface area contributed by atoms with Gasteiger partial charge in [0.15, 0.2) is 0 Å². The fourth-order valence-corrected chi connectivity index (χ4v) is 3.12. The van der Waals surface area contributed by atoms with Gasteiger partial charge in [-0.05, 0) is 56.3 Å². The highest BCUT2D eigenvalue weighted by Crippen LogP contribution is 2.64. The van der Waals surface area contributed by atoms with Crippen molar-refractivity contribution in [1.29, 1.82) is 0 Å². The van der Waals surface area contributed by atoms with Crippen molar-refractivity contribution in [3.63, 3.8) is 0 Å². The zero-order chi connectivity index (χ0) is 10.3. The summed E-state index contributed by atoms with van der Waals surface area (Å²) in [7, 11) is 2.24. The predicted octanol–water partition coefficient (Wildman–Crippen LogP) is 2.89. The van der Waals surface area contributed by atoms with Gasteiger partial charge in [-0.2, -0.15) is 0 Å². The SMILES string of the molecule is CN1CCC2(CC1)CC2c1ccccc1. The Balaban J connectivity index is 1.73. The molecule has 1 aliphatic carbocycles. The molecule has 2 fully saturated rings. The molecule has 1 heteroatoms. The van der Waals surface area contributed by atoms with E-state index >= 15 is 0 Å². The summed E-state index contributed by atoms with van der Waals surface area (Å²) in [6, 6.07) is 11.1. The molecule has 15 heavy (non-hydrogen) atoms. The van der Waals surface area contributed by atoms with Crippen molar-refractivity contribution in [2.75, 3.05) is 20.1 Å². The van der Waals surface area contributed by atoms with Gasteiger partial charge in [0.05, 0.1) is 0 Å². The van der Waals surface area contributed by atoms with Crippen LogP contribution < -0.4 is 0 Å². The fourth-order valence-electron chi connectivity index (χ4n) is 3.12. The molecule has 0 N–H and O–H groups in total. The lowest BCUT2D eigenvalue weighted by atomic mass is 9.89. The number of rotatable bonds is 1. The van der Waals surface area contributed by atoms with E-state index in [-0.39, 0.29) is 0 Å². The predicted molar refractivity (Wildman–Crippen MR) is 63.0 cm³/mol. The molecular formula is C14H19N. The van der Waals surface area contributed by atoms with E-state index in [9.17, 15) is 0 Å². The Morgan fingerprint density at radius 2 is 1.80 bits per heavy atom. The maximum atomic E-state index is 2.46. The minimum atomic E-state index is 0.688. The van der Waals surface area contributed by atoms with Gasteiger partial charge in [-0.1, -0.05) is 30.3 Å². The first-order valence-corrected chi connectivity index (χ1v) is 6.04. The Morgan fingerprint density at radius 1 is 1.13 bits per heavy atom. The summed E-state index contributed by atoms with van der Waals surface area (Å²) < 4.78 is 0. The van der Waals surface area contributed by atoms with E-state index in [0.717, 1.165) is 5.92 Å². The lowest BCUT2D eigenvalue weighted by molar-refractivity contribution is 0.201. The molecule has 2 aliphatic rings. The number of piperidine rings is 1. The van der Waals surface area contributed by atoms with Crippen LogP contribution in [0, 0.1) is 5.41 Å². The van der Waals surface area contributed by atoms with Gasteiger partial charge in [-0.25, -0.2) is 0 Å². The van der Waals surface area contributed by atoms with Crippen molar-refractivity contribution in [2.24, 2.45) is 5.41 Å². The van der Waals surface area contributed by atoms with Crippen molar-refractivity contribution in [2.45, 2.75) is 25.2 Å². The molecule has 1 aromatic carbocycles. The summed E-state index contributed by atoms with van der Waals surface area (Å²) in [6.07, 6.45) is 4.25. The third-order valence-corrected chi connectivity index (χ3v) is 4.37. The quantitative estimate of drug-likeness (QED) is 0.675. The Bertz CT molecular complexity index is 336. The molecule has 1 saturated carbocycles. The Morgan fingerprint density at radius 3 is 2.47 bits per heavy atom. The minimum absolute atomic E-state index is 0.688. The number of likely N-dealkylation sites (tertiary alicyclic amines) is 1. The Kier molecular flexibility index (Phi) is 2.10. The average molecular weight is 201 g/mol. The first-order chi connectivity index (χ1) is 7.30. The van der Waals surface area contributed by atoms with Crippen LogP contribution in [0.2, 0.25) is 0 Å². The third-order valence-electron chi connectivity index (χ3n) is 4.37. The maximum Gasteiger partial charge on any atom is -0.00163 e. The molecule has 0 aromatic heterocycles. The number of benzene rings is 1. The first kappa shape index (κ1) is 9.41. The van der Waals surface area contributed by atoms with Crippen molar-refractivity contribution in [1.82, 2.24) is 4.90 Å². The molecule has 0 amide bonds. The minimum Gasteiger partial charge on any atom is -0.306 e. The number of nitrogens with zero attached hydrogens (tertiary/aromatic N) is 1. The Labute approximate surface area is 92.1 Å². The molecule has 0 radical (unpaired) electrons. The van der Waals surface area contributed by atoms with E-state index in [1.54, 1.807) is 5.56 Å².